The fourth-order valence-corrected chi connectivity index (χ4v) is 4.08. The van der Waals surface area contributed by atoms with Gasteiger partial charge >= 0.3 is 0 Å². The van der Waals surface area contributed by atoms with E-state index in [4.69, 9.17) is 74.4 Å². The third kappa shape index (κ3) is 7.90. The second-order valence-corrected chi connectivity index (χ2v) is 9.50. The standard InChI is InChI=1S/C23H15Cl6N3O3/c24-13-2-1-12(17(27)7-13)11-35-30-10-16(22(33)31-20-5-3-14(25)8-18(20)28)23(34)32-21-6-4-15(26)9-19(21)29/h1-10,16H,11H2,(H,31,33)(H,32,34)/b30-10-. The Balaban J connectivity index is 1.78. The van der Waals surface area contributed by atoms with E-state index in [1.807, 2.05) is 0 Å². The molecule has 0 saturated carbocycles. The summed E-state index contributed by atoms with van der Waals surface area (Å²) < 4.78 is 0. The summed E-state index contributed by atoms with van der Waals surface area (Å²) in [6, 6.07) is 13.9. The molecule has 3 aromatic carbocycles. The molecule has 0 fully saturated rings. The van der Waals surface area contributed by atoms with E-state index >= 15 is 0 Å². The van der Waals surface area contributed by atoms with E-state index in [9.17, 15) is 9.59 Å². The smallest absolute Gasteiger partial charge is 0.242 e. The van der Waals surface area contributed by atoms with Crippen molar-refractivity contribution >= 4 is 99.0 Å². The zero-order chi connectivity index (χ0) is 25.5. The summed E-state index contributed by atoms with van der Waals surface area (Å²) in [5.41, 5.74) is 1.12. The van der Waals surface area contributed by atoms with E-state index < -0.39 is 17.7 Å². The first-order chi connectivity index (χ1) is 16.6. The van der Waals surface area contributed by atoms with E-state index in [-0.39, 0.29) is 28.0 Å². The average Bonchev–Trinajstić information content (AvgIpc) is 2.78. The molecule has 6 nitrogen and oxygen atoms in total. The molecule has 0 radical (unpaired) electrons. The Morgan fingerprint density at radius 1 is 0.743 bits per heavy atom. The van der Waals surface area contributed by atoms with Gasteiger partial charge in [0.15, 0.2) is 5.92 Å². The Morgan fingerprint density at radius 3 is 1.66 bits per heavy atom. The molecule has 12 heteroatoms. The number of benzene rings is 3. The van der Waals surface area contributed by atoms with Gasteiger partial charge < -0.3 is 15.5 Å². The maximum absolute atomic E-state index is 13.0. The van der Waals surface area contributed by atoms with Gasteiger partial charge in [0, 0.05) is 25.7 Å². The van der Waals surface area contributed by atoms with Crippen LogP contribution in [0.2, 0.25) is 30.1 Å². The number of carbonyl (C=O) groups is 2. The number of anilines is 2. The van der Waals surface area contributed by atoms with Crippen LogP contribution in [0.1, 0.15) is 5.56 Å². The van der Waals surface area contributed by atoms with Crippen molar-refractivity contribution in [2.24, 2.45) is 11.1 Å². The van der Waals surface area contributed by atoms with Crippen molar-refractivity contribution in [3.05, 3.63) is 90.3 Å². The van der Waals surface area contributed by atoms with Gasteiger partial charge in [0.05, 0.1) is 27.6 Å². The lowest BCUT2D eigenvalue weighted by atomic mass is 10.1. The van der Waals surface area contributed by atoms with Crippen molar-refractivity contribution in [3.63, 3.8) is 0 Å². The van der Waals surface area contributed by atoms with E-state index in [0.717, 1.165) is 6.21 Å². The largest absolute Gasteiger partial charge is 0.391 e. The molecular formula is C23H15Cl6N3O3. The van der Waals surface area contributed by atoms with E-state index in [0.29, 0.717) is 25.7 Å². The van der Waals surface area contributed by atoms with Gasteiger partial charge in [-0.2, -0.15) is 0 Å². The molecule has 0 aliphatic carbocycles. The van der Waals surface area contributed by atoms with Crippen molar-refractivity contribution < 1.29 is 14.4 Å². The first-order valence-electron chi connectivity index (χ1n) is 9.75. The fourth-order valence-electron chi connectivity index (χ4n) is 2.71. The number of halogens is 6. The first kappa shape index (κ1) is 27.4. The molecule has 2 N–H and O–H groups in total. The molecule has 0 atom stereocenters. The Kier molecular flexibility index (Phi) is 9.92. The van der Waals surface area contributed by atoms with Crippen LogP contribution in [0, 0.1) is 5.92 Å². The summed E-state index contributed by atoms with van der Waals surface area (Å²) >= 11 is 36.1. The highest BCUT2D eigenvalue weighted by atomic mass is 35.5. The SMILES string of the molecule is O=C(Nc1ccc(Cl)cc1Cl)C(/C=N\OCc1ccc(Cl)cc1Cl)C(=O)Nc1ccc(Cl)cc1Cl. The van der Waals surface area contributed by atoms with Crippen molar-refractivity contribution in [2.75, 3.05) is 10.6 Å². The zero-order valence-electron chi connectivity index (χ0n) is 17.5. The quantitative estimate of drug-likeness (QED) is 0.158. The van der Waals surface area contributed by atoms with Crippen molar-refractivity contribution in [3.8, 4) is 0 Å². The molecular weight excluding hydrogens is 579 g/mol. The minimum atomic E-state index is -1.42. The fraction of sp³-hybridized carbons (Fsp3) is 0.0870. The first-order valence-corrected chi connectivity index (χ1v) is 12.0. The lowest BCUT2D eigenvalue weighted by Gasteiger charge is -2.15. The van der Waals surface area contributed by atoms with Gasteiger partial charge in [-0.3, -0.25) is 9.59 Å². The minimum absolute atomic E-state index is 0.0194. The van der Waals surface area contributed by atoms with E-state index in [1.54, 1.807) is 30.3 Å². The maximum Gasteiger partial charge on any atom is 0.242 e. The summed E-state index contributed by atoms with van der Waals surface area (Å²) in [6.45, 7) is -0.0194. The molecule has 2 amide bonds. The van der Waals surface area contributed by atoms with Crippen LogP contribution in [0.4, 0.5) is 11.4 Å². The molecule has 35 heavy (non-hydrogen) atoms. The third-order valence-electron chi connectivity index (χ3n) is 4.46. The Bertz CT molecular complexity index is 1220. The Hall–Kier alpha value is -2.19. The molecule has 0 bridgehead atoms. The van der Waals surface area contributed by atoms with Crippen LogP contribution in [0.5, 0.6) is 0 Å². The summed E-state index contributed by atoms with van der Waals surface area (Å²) in [5.74, 6) is -2.88. The number of hydrogen-bond acceptors (Lipinski definition) is 4. The zero-order valence-corrected chi connectivity index (χ0v) is 22.0. The highest BCUT2D eigenvalue weighted by Crippen LogP contribution is 2.28. The summed E-state index contributed by atoms with van der Waals surface area (Å²) in [4.78, 5) is 31.2. The number of carbonyl (C=O) groups excluding carboxylic acids is 2. The van der Waals surface area contributed by atoms with Gasteiger partial charge in [-0.25, -0.2) is 0 Å². The molecule has 0 aliphatic heterocycles. The molecule has 0 aromatic heterocycles. The lowest BCUT2D eigenvalue weighted by Crippen LogP contribution is -2.35. The molecule has 3 aromatic rings. The van der Waals surface area contributed by atoms with E-state index in [1.165, 1.54) is 24.3 Å². The number of nitrogens with zero attached hydrogens (tertiary/aromatic N) is 1. The third-order valence-corrected chi connectivity index (χ3v) is 6.15. The molecule has 182 valence electrons. The molecule has 0 unspecified atom stereocenters. The normalized spacial score (nSPS) is 11.1. The van der Waals surface area contributed by atoms with Gasteiger partial charge in [0.2, 0.25) is 11.8 Å². The average molecular weight is 594 g/mol. The molecule has 0 saturated heterocycles. The van der Waals surface area contributed by atoms with Gasteiger partial charge in [0.1, 0.15) is 6.61 Å². The van der Waals surface area contributed by atoms with Crippen LogP contribution in [0.3, 0.4) is 0 Å². The molecule has 3 rings (SSSR count). The predicted molar refractivity (Wildman–Crippen MR) is 143 cm³/mol. The number of oxime groups is 1. The predicted octanol–water partition coefficient (Wildman–Crippen LogP) is 8.00. The number of hydrogen-bond donors (Lipinski definition) is 2. The molecule has 0 heterocycles. The highest BCUT2D eigenvalue weighted by Gasteiger charge is 2.27. The van der Waals surface area contributed by atoms with Crippen LogP contribution >= 0.6 is 69.6 Å². The minimum Gasteiger partial charge on any atom is -0.391 e. The second kappa shape index (κ2) is 12.7. The molecule has 0 spiro atoms. The number of nitrogens with one attached hydrogen (secondary N) is 2. The van der Waals surface area contributed by atoms with Crippen molar-refractivity contribution in [2.45, 2.75) is 6.61 Å². The second-order valence-electron chi connectivity index (χ2n) is 6.97. The summed E-state index contributed by atoms with van der Waals surface area (Å²) in [7, 11) is 0. The summed E-state index contributed by atoms with van der Waals surface area (Å²) in [6.07, 6.45) is 1.04. The lowest BCUT2D eigenvalue weighted by molar-refractivity contribution is -0.126. The van der Waals surface area contributed by atoms with Crippen LogP contribution in [-0.4, -0.2) is 18.0 Å². The van der Waals surface area contributed by atoms with Crippen LogP contribution in [0.25, 0.3) is 0 Å². The molecule has 0 aliphatic rings. The van der Waals surface area contributed by atoms with Crippen LogP contribution in [-0.2, 0) is 21.0 Å². The van der Waals surface area contributed by atoms with Gasteiger partial charge in [0.25, 0.3) is 0 Å². The Morgan fingerprint density at radius 2 is 1.20 bits per heavy atom. The van der Waals surface area contributed by atoms with E-state index in [2.05, 4.69) is 15.8 Å². The maximum atomic E-state index is 13.0. The van der Waals surface area contributed by atoms with Gasteiger partial charge in [-0.15, -0.1) is 0 Å². The Labute approximate surface area is 231 Å². The summed E-state index contributed by atoms with van der Waals surface area (Å²) in [5, 5.41) is 10.9. The van der Waals surface area contributed by atoms with Crippen molar-refractivity contribution in [1.82, 2.24) is 0 Å². The monoisotopic (exact) mass is 591 g/mol. The van der Waals surface area contributed by atoms with Crippen LogP contribution < -0.4 is 10.6 Å². The van der Waals surface area contributed by atoms with Crippen LogP contribution in [0.15, 0.2) is 59.8 Å². The number of amides is 2. The van der Waals surface area contributed by atoms with Gasteiger partial charge in [-0.1, -0.05) is 80.8 Å². The van der Waals surface area contributed by atoms with Crippen molar-refractivity contribution in [1.29, 1.82) is 0 Å². The number of rotatable bonds is 8. The topological polar surface area (TPSA) is 79.8 Å². The highest BCUT2D eigenvalue weighted by molar-refractivity contribution is 6.38. The van der Waals surface area contributed by atoms with Gasteiger partial charge in [-0.05, 0) is 48.5 Å².